The van der Waals surface area contributed by atoms with Gasteiger partial charge in [0.15, 0.2) is 0 Å². The molecule has 1 heterocycles. The number of amides is 1. The number of methoxy groups -OCH3 is 1. The van der Waals surface area contributed by atoms with Gasteiger partial charge in [-0.2, -0.15) is 0 Å². The third-order valence-corrected chi connectivity index (χ3v) is 7.02. The Bertz CT molecular complexity index is 867. The normalized spacial score (nSPS) is 19.2. The molecule has 6 heteroatoms. The maximum atomic E-state index is 13.5. The molecular weight excluding hydrogens is 406 g/mol. The second-order valence-corrected chi connectivity index (χ2v) is 9.55. The van der Waals surface area contributed by atoms with Crippen molar-refractivity contribution >= 4 is 39.8 Å². The van der Waals surface area contributed by atoms with E-state index >= 15 is 0 Å². The molecule has 156 valence electrons. The van der Waals surface area contributed by atoms with Crippen molar-refractivity contribution < 1.29 is 14.3 Å². The van der Waals surface area contributed by atoms with Crippen molar-refractivity contribution in [2.75, 3.05) is 12.0 Å². The first-order chi connectivity index (χ1) is 13.8. The topological polar surface area (TPSA) is 46.6 Å². The monoisotopic (exact) mass is 433 g/mol. The highest BCUT2D eigenvalue weighted by Crippen LogP contribution is 2.41. The molecular formula is C23H28ClNO3S. The SMILES string of the molecule is COC(=O)c1cc(-c2ccc(Cl)cc2)sc1N(C(=O)C1CCC(C)CC1)C(C)C. The van der Waals surface area contributed by atoms with E-state index in [0.717, 1.165) is 36.1 Å². The summed E-state index contributed by atoms with van der Waals surface area (Å²) in [4.78, 5) is 28.7. The van der Waals surface area contributed by atoms with Crippen LogP contribution in [0.2, 0.25) is 5.02 Å². The van der Waals surface area contributed by atoms with Crippen LogP contribution in [0.1, 0.15) is 56.8 Å². The molecule has 2 aromatic rings. The Morgan fingerprint density at radius 3 is 2.31 bits per heavy atom. The number of ether oxygens (including phenoxy) is 1. The second-order valence-electron chi connectivity index (χ2n) is 8.09. The number of hydrogen-bond donors (Lipinski definition) is 0. The van der Waals surface area contributed by atoms with Crippen LogP contribution in [0.4, 0.5) is 5.00 Å². The van der Waals surface area contributed by atoms with E-state index in [-0.39, 0.29) is 17.9 Å². The summed E-state index contributed by atoms with van der Waals surface area (Å²) in [6, 6.07) is 9.25. The Balaban J connectivity index is 2.01. The van der Waals surface area contributed by atoms with Crippen molar-refractivity contribution in [1.82, 2.24) is 0 Å². The Hall–Kier alpha value is -1.85. The van der Waals surface area contributed by atoms with E-state index in [0.29, 0.717) is 21.5 Å². The molecule has 29 heavy (non-hydrogen) atoms. The van der Waals surface area contributed by atoms with Gasteiger partial charge in [-0.3, -0.25) is 4.79 Å². The molecule has 0 atom stereocenters. The largest absolute Gasteiger partial charge is 0.465 e. The molecule has 1 amide bonds. The first-order valence-corrected chi connectivity index (χ1v) is 11.3. The lowest BCUT2D eigenvalue weighted by atomic mass is 9.82. The number of benzene rings is 1. The van der Waals surface area contributed by atoms with Crippen molar-refractivity contribution in [2.45, 2.75) is 52.5 Å². The van der Waals surface area contributed by atoms with Gasteiger partial charge in [0.25, 0.3) is 0 Å². The average molecular weight is 434 g/mol. The molecule has 1 saturated carbocycles. The van der Waals surface area contributed by atoms with Gasteiger partial charge in [0.1, 0.15) is 5.00 Å². The number of esters is 1. The van der Waals surface area contributed by atoms with Gasteiger partial charge in [-0.15, -0.1) is 11.3 Å². The minimum Gasteiger partial charge on any atom is -0.465 e. The maximum Gasteiger partial charge on any atom is 0.340 e. The highest BCUT2D eigenvalue weighted by molar-refractivity contribution is 7.20. The molecule has 0 N–H and O–H groups in total. The highest BCUT2D eigenvalue weighted by atomic mass is 35.5. The fourth-order valence-electron chi connectivity index (χ4n) is 3.87. The number of thiophene rings is 1. The summed E-state index contributed by atoms with van der Waals surface area (Å²) in [5, 5.41) is 1.32. The minimum absolute atomic E-state index is 0.0141. The Morgan fingerprint density at radius 1 is 1.14 bits per heavy atom. The summed E-state index contributed by atoms with van der Waals surface area (Å²) in [6.45, 7) is 6.23. The molecule has 1 fully saturated rings. The van der Waals surface area contributed by atoms with E-state index in [9.17, 15) is 9.59 Å². The zero-order valence-electron chi connectivity index (χ0n) is 17.4. The van der Waals surface area contributed by atoms with E-state index in [4.69, 9.17) is 16.3 Å². The van der Waals surface area contributed by atoms with Gasteiger partial charge in [0.05, 0.1) is 12.7 Å². The number of hydrogen-bond acceptors (Lipinski definition) is 4. The first kappa shape index (κ1) is 21.8. The standard InChI is InChI=1S/C23H28ClNO3S/c1-14(2)25(21(26)17-7-5-15(3)6-8-17)22-19(23(27)28-4)13-20(29-22)16-9-11-18(24)12-10-16/h9-15,17H,5-8H2,1-4H3. The zero-order valence-corrected chi connectivity index (χ0v) is 19.0. The molecule has 0 spiro atoms. The summed E-state index contributed by atoms with van der Waals surface area (Å²) in [5.74, 6) is 0.379. The van der Waals surface area contributed by atoms with Crippen LogP contribution < -0.4 is 4.90 Å². The number of halogens is 1. The van der Waals surface area contributed by atoms with Gasteiger partial charge in [0.2, 0.25) is 5.91 Å². The minimum atomic E-state index is -0.424. The third-order valence-electron chi connectivity index (χ3n) is 5.58. The number of anilines is 1. The number of rotatable bonds is 5. The number of carbonyl (C=O) groups is 2. The van der Waals surface area contributed by atoms with Crippen molar-refractivity contribution in [3.05, 3.63) is 40.9 Å². The lowest BCUT2D eigenvalue weighted by Crippen LogP contribution is -2.42. The van der Waals surface area contributed by atoms with Crippen LogP contribution in [0, 0.1) is 11.8 Å². The van der Waals surface area contributed by atoms with Crippen LogP contribution in [0.3, 0.4) is 0 Å². The highest BCUT2D eigenvalue weighted by Gasteiger charge is 2.33. The first-order valence-electron chi connectivity index (χ1n) is 10.1. The fraction of sp³-hybridized carbons (Fsp3) is 0.478. The molecule has 0 radical (unpaired) electrons. The molecule has 0 bridgehead atoms. The van der Waals surface area contributed by atoms with E-state index in [2.05, 4.69) is 6.92 Å². The van der Waals surface area contributed by atoms with Crippen LogP contribution >= 0.6 is 22.9 Å². The van der Waals surface area contributed by atoms with Gasteiger partial charge < -0.3 is 9.64 Å². The van der Waals surface area contributed by atoms with Gasteiger partial charge in [-0.1, -0.05) is 30.7 Å². The van der Waals surface area contributed by atoms with E-state index in [1.807, 2.05) is 44.2 Å². The molecule has 4 nitrogen and oxygen atoms in total. The van der Waals surface area contributed by atoms with Crippen molar-refractivity contribution in [1.29, 1.82) is 0 Å². The van der Waals surface area contributed by atoms with Gasteiger partial charge in [0, 0.05) is 21.9 Å². The summed E-state index contributed by atoms with van der Waals surface area (Å²) in [7, 11) is 1.37. The lowest BCUT2D eigenvalue weighted by Gasteiger charge is -2.33. The van der Waals surface area contributed by atoms with Gasteiger partial charge in [-0.25, -0.2) is 4.79 Å². The lowest BCUT2D eigenvalue weighted by molar-refractivity contribution is -0.123. The predicted molar refractivity (Wildman–Crippen MR) is 120 cm³/mol. The molecule has 0 unspecified atom stereocenters. The van der Waals surface area contributed by atoms with Gasteiger partial charge >= 0.3 is 5.97 Å². The van der Waals surface area contributed by atoms with E-state index < -0.39 is 5.97 Å². The molecule has 0 saturated heterocycles. The quantitative estimate of drug-likeness (QED) is 0.511. The second kappa shape index (κ2) is 9.31. The van der Waals surface area contributed by atoms with Crippen LogP contribution in [0.25, 0.3) is 10.4 Å². The molecule has 1 aromatic heterocycles. The van der Waals surface area contributed by atoms with Crippen LogP contribution in [0.15, 0.2) is 30.3 Å². The summed E-state index contributed by atoms with van der Waals surface area (Å²) in [6.07, 6.45) is 3.97. The molecule has 1 aliphatic carbocycles. The van der Waals surface area contributed by atoms with Crippen molar-refractivity contribution in [3.8, 4) is 10.4 Å². The Kier molecular flexibility index (Phi) is 7.01. The summed E-state index contributed by atoms with van der Waals surface area (Å²) in [5.41, 5.74) is 1.40. The van der Waals surface area contributed by atoms with Crippen LogP contribution in [-0.4, -0.2) is 25.0 Å². The van der Waals surface area contributed by atoms with Gasteiger partial charge in [-0.05, 0) is 69.2 Å². The molecule has 3 rings (SSSR count). The zero-order chi connectivity index (χ0) is 21.1. The fourth-order valence-corrected chi connectivity index (χ4v) is 5.28. The maximum absolute atomic E-state index is 13.5. The van der Waals surface area contributed by atoms with Crippen LogP contribution in [-0.2, 0) is 9.53 Å². The molecule has 1 aliphatic rings. The van der Waals surface area contributed by atoms with E-state index in [1.54, 1.807) is 4.90 Å². The van der Waals surface area contributed by atoms with Crippen molar-refractivity contribution in [2.24, 2.45) is 11.8 Å². The third kappa shape index (κ3) is 4.84. The Morgan fingerprint density at radius 2 is 1.76 bits per heavy atom. The number of nitrogens with zero attached hydrogens (tertiary/aromatic N) is 1. The number of carbonyl (C=O) groups excluding carboxylic acids is 2. The molecule has 0 aliphatic heterocycles. The summed E-state index contributed by atoms with van der Waals surface area (Å²) < 4.78 is 5.02. The average Bonchev–Trinajstić information content (AvgIpc) is 3.13. The van der Waals surface area contributed by atoms with Crippen molar-refractivity contribution in [3.63, 3.8) is 0 Å². The Labute approximate surface area is 181 Å². The molecule has 1 aromatic carbocycles. The van der Waals surface area contributed by atoms with Crippen LogP contribution in [0.5, 0.6) is 0 Å². The smallest absolute Gasteiger partial charge is 0.340 e. The predicted octanol–water partition coefficient (Wildman–Crippen LogP) is 6.42. The summed E-state index contributed by atoms with van der Waals surface area (Å²) >= 11 is 7.47. The van der Waals surface area contributed by atoms with E-state index in [1.165, 1.54) is 18.4 Å².